The van der Waals surface area contributed by atoms with E-state index in [1.54, 1.807) is 12.4 Å². The molecule has 0 aliphatic rings. The van der Waals surface area contributed by atoms with Crippen molar-refractivity contribution in [1.29, 1.82) is 0 Å². The summed E-state index contributed by atoms with van der Waals surface area (Å²) in [7, 11) is 3.86. The lowest BCUT2D eigenvalue weighted by Gasteiger charge is -2.20. The molecule has 0 bridgehead atoms. The largest absolute Gasteiger partial charge is 0.363 e. The van der Waals surface area contributed by atoms with Crippen LogP contribution in [-0.2, 0) is 6.42 Å². The minimum absolute atomic E-state index is 0.271. The maximum atomic E-state index is 12.7. The molecule has 29 heavy (non-hydrogen) atoms. The van der Waals surface area contributed by atoms with Gasteiger partial charge in [-0.05, 0) is 18.6 Å². The van der Waals surface area contributed by atoms with Crippen molar-refractivity contribution < 1.29 is 4.79 Å². The molecule has 4 aromatic rings. The first-order valence-electron chi connectivity index (χ1n) is 9.39. The van der Waals surface area contributed by atoms with E-state index >= 15 is 0 Å². The smallest absolute Gasteiger partial charge is 0.287 e. The molecule has 0 spiro atoms. The number of amides is 1. The number of rotatable bonds is 6. The highest BCUT2D eigenvalue weighted by Gasteiger charge is 2.22. The molecule has 3 aromatic heterocycles. The molecule has 148 valence electrons. The van der Waals surface area contributed by atoms with E-state index in [9.17, 15) is 4.79 Å². The number of fused-ring (bicyclic) bond motifs is 1. The van der Waals surface area contributed by atoms with Crippen molar-refractivity contribution in [2.75, 3.05) is 19.0 Å². The van der Waals surface area contributed by atoms with Crippen LogP contribution in [0.5, 0.6) is 0 Å². The summed E-state index contributed by atoms with van der Waals surface area (Å²) in [4.78, 5) is 33.9. The van der Waals surface area contributed by atoms with Crippen molar-refractivity contribution in [3.05, 3.63) is 71.8 Å². The molecule has 3 heterocycles. The van der Waals surface area contributed by atoms with E-state index < -0.39 is 0 Å². The second-order valence-electron chi connectivity index (χ2n) is 7.12. The van der Waals surface area contributed by atoms with Crippen LogP contribution in [0.1, 0.15) is 33.7 Å². The van der Waals surface area contributed by atoms with E-state index in [-0.39, 0.29) is 17.8 Å². The minimum Gasteiger partial charge on any atom is -0.363 e. The third kappa shape index (κ3) is 3.96. The van der Waals surface area contributed by atoms with E-state index in [2.05, 4.69) is 36.3 Å². The Bertz CT molecular complexity index is 1130. The number of hydrogen-bond acceptors (Lipinski definition) is 5. The number of nitrogens with zero attached hydrogens (tertiary/aromatic N) is 4. The Morgan fingerprint density at radius 1 is 1.21 bits per heavy atom. The summed E-state index contributed by atoms with van der Waals surface area (Å²) in [5, 5.41) is 4.20. The average molecular weight is 389 g/mol. The van der Waals surface area contributed by atoms with Crippen molar-refractivity contribution in [1.82, 2.24) is 30.2 Å². The van der Waals surface area contributed by atoms with Crippen molar-refractivity contribution in [3.63, 3.8) is 0 Å². The first-order chi connectivity index (χ1) is 14.0. The Hall–Kier alpha value is -3.68. The van der Waals surface area contributed by atoms with E-state index in [1.807, 2.05) is 56.4 Å². The predicted octanol–water partition coefficient (Wildman–Crippen LogP) is 2.77. The number of carbonyl (C=O) groups excluding carboxylic acids is 1. The second kappa shape index (κ2) is 7.75. The standard InChI is InChI=1S/C21H23N7O/c1-13-25-18(11-19(26-13)28(2)3)17(27-21(29)20-22-8-9-23-20)10-14-12-24-16-7-5-4-6-15(14)16/h4-9,11-12,17,24H,10H2,1-3H3,(H,22,23)(H,27,29)/t17-/m1/s1. The Kier molecular flexibility index (Phi) is 4.99. The molecule has 1 aromatic carbocycles. The van der Waals surface area contributed by atoms with Crippen LogP contribution in [0.4, 0.5) is 5.82 Å². The van der Waals surface area contributed by atoms with Gasteiger partial charge in [0, 0.05) is 56.1 Å². The van der Waals surface area contributed by atoms with Crippen LogP contribution >= 0.6 is 0 Å². The van der Waals surface area contributed by atoms with Gasteiger partial charge in [0.25, 0.3) is 5.91 Å². The normalized spacial score (nSPS) is 12.1. The fraction of sp³-hybridized carbons (Fsp3) is 0.238. The molecule has 0 saturated carbocycles. The molecule has 0 aliphatic carbocycles. The van der Waals surface area contributed by atoms with Gasteiger partial charge in [-0.3, -0.25) is 4.79 Å². The van der Waals surface area contributed by atoms with Crippen molar-refractivity contribution >= 4 is 22.6 Å². The van der Waals surface area contributed by atoms with E-state index in [1.165, 1.54) is 0 Å². The fourth-order valence-electron chi connectivity index (χ4n) is 3.35. The predicted molar refractivity (Wildman–Crippen MR) is 112 cm³/mol. The van der Waals surface area contributed by atoms with Crippen LogP contribution in [0.2, 0.25) is 0 Å². The van der Waals surface area contributed by atoms with Gasteiger partial charge in [-0.2, -0.15) is 0 Å². The Morgan fingerprint density at radius 2 is 2.03 bits per heavy atom. The van der Waals surface area contributed by atoms with E-state index in [4.69, 9.17) is 0 Å². The molecule has 0 unspecified atom stereocenters. The number of carbonyl (C=O) groups is 1. The zero-order valence-corrected chi connectivity index (χ0v) is 16.6. The van der Waals surface area contributed by atoms with Gasteiger partial charge in [-0.1, -0.05) is 18.2 Å². The average Bonchev–Trinajstić information content (AvgIpc) is 3.37. The maximum absolute atomic E-state index is 12.7. The van der Waals surface area contributed by atoms with Crippen LogP contribution < -0.4 is 10.2 Å². The van der Waals surface area contributed by atoms with Gasteiger partial charge in [0.05, 0.1) is 11.7 Å². The SMILES string of the molecule is Cc1nc([C@@H](Cc2c[nH]c3ccccc23)NC(=O)c2ncc[nH]2)cc(N(C)C)n1. The van der Waals surface area contributed by atoms with Crippen LogP contribution in [0, 0.1) is 6.92 Å². The number of anilines is 1. The third-order valence-electron chi connectivity index (χ3n) is 4.78. The molecule has 0 saturated heterocycles. The van der Waals surface area contributed by atoms with Crippen LogP contribution in [0.15, 0.2) is 48.9 Å². The van der Waals surface area contributed by atoms with Crippen LogP contribution in [-0.4, -0.2) is 44.9 Å². The molecule has 0 aliphatic heterocycles. The van der Waals surface area contributed by atoms with Gasteiger partial charge in [0.2, 0.25) is 0 Å². The number of para-hydroxylation sites is 1. The molecule has 8 nitrogen and oxygen atoms in total. The summed E-state index contributed by atoms with van der Waals surface area (Å²) >= 11 is 0. The van der Waals surface area contributed by atoms with Gasteiger partial charge < -0.3 is 20.2 Å². The van der Waals surface area contributed by atoms with Gasteiger partial charge in [-0.25, -0.2) is 15.0 Å². The zero-order valence-electron chi connectivity index (χ0n) is 16.6. The molecular weight excluding hydrogens is 366 g/mol. The number of imidazole rings is 1. The highest BCUT2D eigenvalue weighted by atomic mass is 16.2. The molecule has 1 atom stereocenters. The van der Waals surface area contributed by atoms with Crippen molar-refractivity contribution in [2.24, 2.45) is 0 Å². The first kappa shape index (κ1) is 18.7. The molecule has 0 radical (unpaired) electrons. The van der Waals surface area contributed by atoms with E-state index in [0.29, 0.717) is 12.2 Å². The summed E-state index contributed by atoms with van der Waals surface area (Å²) < 4.78 is 0. The number of H-pyrrole nitrogens is 2. The number of aromatic amines is 2. The van der Waals surface area contributed by atoms with Gasteiger partial charge >= 0.3 is 0 Å². The van der Waals surface area contributed by atoms with Gasteiger partial charge in [0.1, 0.15) is 11.6 Å². The minimum atomic E-state index is -0.341. The zero-order chi connectivity index (χ0) is 20.4. The third-order valence-corrected chi connectivity index (χ3v) is 4.78. The maximum Gasteiger partial charge on any atom is 0.287 e. The van der Waals surface area contributed by atoms with Crippen molar-refractivity contribution in [3.8, 4) is 0 Å². The highest BCUT2D eigenvalue weighted by Crippen LogP contribution is 2.25. The van der Waals surface area contributed by atoms with Crippen LogP contribution in [0.3, 0.4) is 0 Å². The van der Waals surface area contributed by atoms with Crippen LogP contribution in [0.25, 0.3) is 10.9 Å². The number of benzene rings is 1. The lowest BCUT2D eigenvalue weighted by Crippen LogP contribution is -2.31. The number of nitrogens with one attached hydrogen (secondary N) is 3. The van der Waals surface area contributed by atoms with Crippen molar-refractivity contribution in [2.45, 2.75) is 19.4 Å². The Morgan fingerprint density at radius 3 is 2.79 bits per heavy atom. The highest BCUT2D eigenvalue weighted by molar-refractivity contribution is 5.90. The lowest BCUT2D eigenvalue weighted by molar-refractivity contribution is 0.0926. The quantitative estimate of drug-likeness (QED) is 0.471. The number of aryl methyl sites for hydroxylation is 1. The van der Waals surface area contributed by atoms with Gasteiger partial charge in [-0.15, -0.1) is 0 Å². The monoisotopic (exact) mass is 389 g/mol. The topological polar surface area (TPSA) is 103 Å². The first-order valence-corrected chi connectivity index (χ1v) is 9.39. The summed E-state index contributed by atoms with van der Waals surface area (Å²) in [6, 6.07) is 9.68. The molecular formula is C21H23N7O. The molecule has 4 rings (SSSR count). The Balaban J connectivity index is 1.72. The molecule has 0 fully saturated rings. The summed E-state index contributed by atoms with van der Waals surface area (Å²) in [5.41, 5.74) is 2.92. The molecule has 1 amide bonds. The summed E-state index contributed by atoms with van der Waals surface area (Å²) in [6.45, 7) is 1.85. The molecule has 3 N–H and O–H groups in total. The Labute approximate surface area is 168 Å². The summed E-state index contributed by atoms with van der Waals surface area (Å²) in [5.74, 6) is 1.45. The van der Waals surface area contributed by atoms with E-state index in [0.717, 1.165) is 28.0 Å². The number of hydrogen-bond donors (Lipinski definition) is 3. The van der Waals surface area contributed by atoms with Gasteiger partial charge in [0.15, 0.2) is 5.82 Å². The summed E-state index contributed by atoms with van der Waals surface area (Å²) in [6.07, 6.45) is 5.75. The lowest BCUT2D eigenvalue weighted by atomic mass is 10.0. The molecule has 8 heteroatoms. The second-order valence-corrected chi connectivity index (χ2v) is 7.12. The number of aromatic nitrogens is 5. The fourth-order valence-corrected chi connectivity index (χ4v) is 3.35.